The van der Waals surface area contributed by atoms with Crippen molar-refractivity contribution in [1.82, 2.24) is 0 Å². The minimum absolute atomic E-state index is 0.00520. The Hall–Kier alpha value is -3.07. The van der Waals surface area contributed by atoms with Gasteiger partial charge in [-0.05, 0) is 70.6 Å². The summed E-state index contributed by atoms with van der Waals surface area (Å²) in [7, 11) is 1.39. The second-order valence-corrected chi connectivity index (χ2v) is 16.8. The molecule has 2 atom stereocenters. The molecule has 0 aliphatic heterocycles. The van der Waals surface area contributed by atoms with E-state index in [4.69, 9.17) is 18.5 Å². The lowest BCUT2D eigenvalue weighted by atomic mass is 10.1. The molecule has 0 saturated carbocycles. The molecule has 0 aliphatic rings. The number of nitrogens with zero attached hydrogens (tertiary/aromatic N) is 1. The first-order valence-electron chi connectivity index (χ1n) is 22.0. The van der Waals surface area contributed by atoms with Gasteiger partial charge >= 0.3 is 19.8 Å². The number of ether oxygens (including phenoxy) is 2. The van der Waals surface area contributed by atoms with Gasteiger partial charge in [-0.25, -0.2) is 4.57 Å². The number of hydrogen-bond donors (Lipinski definition) is 1. The van der Waals surface area contributed by atoms with Gasteiger partial charge in [0.2, 0.25) is 0 Å². The molecule has 2 unspecified atom stereocenters. The van der Waals surface area contributed by atoms with Gasteiger partial charge in [0.15, 0.2) is 6.10 Å². The molecule has 0 aromatic heterocycles. The van der Waals surface area contributed by atoms with Crippen molar-refractivity contribution in [3.8, 4) is 0 Å². The van der Waals surface area contributed by atoms with Crippen molar-refractivity contribution >= 4 is 19.8 Å². The second kappa shape index (κ2) is 39.4. The Morgan fingerprint density at radius 2 is 0.983 bits per heavy atom. The molecule has 10 heteroatoms. The third kappa shape index (κ3) is 42.5. The zero-order chi connectivity index (χ0) is 42.8. The molecule has 0 rings (SSSR count). The highest BCUT2D eigenvalue weighted by molar-refractivity contribution is 7.47. The molecule has 0 aromatic rings. The number of hydrogen-bond acceptors (Lipinski definition) is 7. The van der Waals surface area contributed by atoms with E-state index in [-0.39, 0.29) is 26.1 Å². The molecular weight excluding hydrogens is 750 g/mol. The van der Waals surface area contributed by atoms with Crippen molar-refractivity contribution in [2.75, 3.05) is 47.5 Å². The zero-order valence-electron chi connectivity index (χ0n) is 37.0. The number of esters is 2. The molecule has 0 spiro atoms. The molecule has 0 amide bonds. The van der Waals surface area contributed by atoms with Crippen LogP contribution in [0.5, 0.6) is 0 Å². The number of quaternary nitrogens is 1. The lowest BCUT2D eigenvalue weighted by molar-refractivity contribution is -0.870. The fourth-order valence-corrected chi connectivity index (χ4v) is 5.95. The van der Waals surface area contributed by atoms with Crippen molar-refractivity contribution in [2.45, 2.75) is 148 Å². The zero-order valence-corrected chi connectivity index (χ0v) is 37.9. The predicted octanol–water partition coefficient (Wildman–Crippen LogP) is 12.6. The average molecular weight is 831 g/mol. The normalized spacial score (nSPS) is 14.5. The van der Waals surface area contributed by atoms with E-state index < -0.39 is 32.5 Å². The lowest BCUT2D eigenvalue weighted by Crippen LogP contribution is -2.37. The fourth-order valence-electron chi connectivity index (χ4n) is 5.21. The Balaban J connectivity index is 4.59. The van der Waals surface area contributed by atoms with Gasteiger partial charge in [-0.2, -0.15) is 0 Å². The Morgan fingerprint density at radius 1 is 0.552 bits per heavy atom. The number of likely N-dealkylation sites (N-methyl/N-ethyl adjacent to an activating group) is 1. The summed E-state index contributed by atoms with van der Waals surface area (Å²) in [6.45, 7) is 4.13. The van der Waals surface area contributed by atoms with E-state index in [0.29, 0.717) is 23.9 Å². The summed E-state index contributed by atoms with van der Waals surface area (Å²) in [5, 5.41) is 0. The van der Waals surface area contributed by atoms with Crippen LogP contribution < -0.4 is 0 Å². The Labute approximate surface area is 353 Å². The third-order valence-electron chi connectivity index (χ3n) is 8.63. The molecule has 1 N–H and O–H groups in total. The maximum atomic E-state index is 12.7. The Bertz CT molecular complexity index is 1300. The summed E-state index contributed by atoms with van der Waals surface area (Å²) in [5.41, 5.74) is 0. The molecule has 0 heterocycles. The van der Waals surface area contributed by atoms with Crippen molar-refractivity contribution in [1.29, 1.82) is 0 Å². The number of phosphoric ester groups is 1. The molecule has 0 aromatic carbocycles. The van der Waals surface area contributed by atoms with Crippen LogP contribution in [-0.4, -0.2) is 74.9 Å². The van der Waals surface area contributed by atoms with Gasteiger partial charge in [-0.15, -0.1) is 0 Å². The molecule has 330 valence electrons. The van der Waals surface area contributed by atoms with Crippen LogP contribution in [0.3, 0.4) is 0 Å². The van der Waals surface area contributed by atoms with Gasteiger partial charge in [0.05, 0.1) is 27.7 Å². The number of rotatable bonds is 38. The molecule has 0 saturated heterocycles. The average Bonchev–Trinajstić information content (AvgIpc) is 3.17. The third-order valence-corrected chi connectivity index (χ3v) is 9.61. The first-order chi connectivity index (χ1) is 28.0. The highest BCUT2D eigenvalue weighted by Crippen LogP contribution is 2.43. The quantitative estimate of drug-likeness (QED) is 0.0215. The van der Waals surface area contributed by atoms with E-state index in [9.17, 15) is 19.0 Å². The topological polar surface area (TPSA) is 108 Å². The largest absolute Gasteiger partial charge is 0.472 e. The maximum absolute atomic E-state index is 12.7. The van der Waals surface area contributed by atoms with Crippen LogP contribution in [0, 0.1) is 0 Å². The molecule has 0 radical (unpaired) electrons. The van der Waals surface area contributed by atoms with Crippen LogP contribution in [0.4, 0.5) is 0 Å². The predicted molar refractivity (Wildman–Crippen MR) is 242 cm³/mol. The van der Waals surface area contributed by atoms with Crippen LogP contribution in [0.25, 0.3) is 0 Å². The van der Waals surface area contributed by atoms with Crippen LogP contribution in [0.2, 0.25) is 0 Å². The van der Waals surface area contributed by atoms with Gasteiger partial charge in [0, 0.05) is 12.8 Å². The second-order valence-electron chi connectivity index (χ2n) is 15.3. The molecule has 0 aliphatic carbocycles. The summed E-state index contributed by atoms with van der Waals surface area (Å²) < 4.78 is 34.1. The lowest BCUT2D eigenvalue weighted by Gasteiger charge is -2.24. The molecule has 0 fully saturated rings. The monoisotopic (exact) mass is 831 g/mol. The van der Waals surface area contributed by atoms with Gasteiger partial charge in [-0.3, -0.25) is 18.6 Å². The van der Waals surface area contributed by atoms with Gasteiger partial charge in [0.25, 0.3) is 0 Å². The number of phosphoric acid groups is 1. The molecule has 58 heavy (non-hydrogen) atoms. The first-order valence-corrected chi connectivity index (χ1v) is 23.5. The summed E-state index contributed by atoms with van der Waals surface area (Å²) >= 11 is 0. The van der Waals surface area contributed by atoms with Gasteiger partial charge in [0.1, 0.15) is 19.8 Å². The minimum Gasteiger partial charge on any atom is -0.462 e. The summed E-state index contributed by atoms with van der Waals surface area (Å²) in [6.07, 6.45) is 52.1. The van der Waals surface area contributed by atoms with Crippen molar-refractivity contribution < 1.29 is 42.1 Å². The summed E-state index contributed by atoms with van der Waals surface area (Å²) in [4.78, 5) is 35.3. The van der Waals surface area contributed by atoms with Crippen LogP contribution >= 0.6 is 7.82 Å². The van der Waals surface area contributed by atoms with Crippen molar-refractivity contribution in [2.24, 2.45) is 0 Å². The van der Waals surface area contributed by atoms with Gasteiger partial charge < -0.3 is 18.9 Å². The SMILES string of the molecule is CC/C=C\C/C=C\C/C=C\C/C=C\C/C=C\C/C=C\CCC(=O)OC(COC(=O)CC/C=C\C/C=C\CCCCCCCCCC)COP(=O)(O)OCC[N+](C)(C)C. The number of carbonyl (C=O) groups excluding carboxylic acids is 2. The van der Waals surface area contributed by atoms with Crippen LogP contribution in [0.1, 0.15) is 142 Å². The molecule has 0 bridgehead atoms. The van der Waals surface area contributed by atoms with E-state index >= 15 is 0 Å². The number of allylic oxidation sites excluding steroid dienone is 16. The van der Waals surface area contributed by atoms with E-state index in [1.165, 1.54) is 51.4 Å². The van der Waals surface area contributed by atoms with E-state index in [0.717, 1.165) is 51.4 Å². The standard InChI is InChI=1S/C48H80NO8P/c1-6-8-10-12-14-16-18-20-22-23-24-25-27-29-31-33-35-37-39-41-48(51)57-46(45-56-58(52,53)55-43-42-49(3,4)5)44-54-47(50)40-38-36-34-32-30-28-26-21-19-17-15-13-11-9-7-2/h8,10,14,16,20,22,24-25,28-31,34-37,46H,6-7,9,11-13,15,17-19,21,23,26-27,32-33,38-45H2,1-5H3/p+1/b10-8-,16-14-,22-20-,25-24-,30-28-,31-29-,36-34-,37-35-. The van der Waals surface area contributed by atoms with Crippen LogP contribution in [0.15, 0.2) is 97.2 Å². The Morgan fingerprint density at radius 3 is 1.47 bits per heavy atom. The molecular formula is C48H81NO8P+. The summed E-state index contributed by atoms with van der Waals surface area (Å²) in [5.74, 6) is -0.985. The Kier molecular flexibility index (Phi) is 37.3. The van der Waals surface area contributed by atoms with E-state index in [1.54, 1.807) is 0 Å². The highest BCUT2D eigenvalue weighted by atomic mass is 31.2. The number of unbranched alkanes of at least 4 members (excludes halogenated alkanes) is 8. The van der Waals surface area contributed by atoms with Crippen molar-refractivity contribution in [3.63, 3.8) is 0 Å². The first kappa shape index (κ1) is 54.9. The van der Waals surface area contributed by atoms with Crippen molar-refractivity contribution in [3.05, 3.63) is 97.2 Å². The highest BCUT2D eigenvalue weighted by Gasteiger charge is 2.27. The summed E-state index contributed by atoms with van der Waals surface area (Å²) in [6, 6.07) is 0. The van der Waals surface area contributed by atoms with Crippen LogP contribution in [-0.2, 0) is 32.7 Å². The van der Waals surface area contributed by atoms with Gasteiger partial charge in [-0.1, -0.05) is 156 Å². The minimum atomic E-state index is -4.41. The molecule has 9 nitrogen and oxygen atoms in total. The fraction of sp³-hybridized carbons (Fsp3) is 0.625. The van der Waals surface area contributed by atoms with E-state index in [2.05, 4.69) is 86.8 Å². The maximum Gasteiger partial charge on any atom is 0.472 e. The number of carbonyl (C=O) groups is 2. The smallest absolute Gasteiger partial charge is 0.462 e. The van der Waals surface area contributed by atoms with E-state index in [1.807, 2.05) is 45.4 Å².